The zero-order chi connectivity index (χ0) is 18.6. The van der Waals surface area contributed by atoms with E-state index in [1.807, 2.05) is 20.8 Å². The number of anilines is 1. The minimum Gasteiger partial charge on any atom is -0.478 e. The maximum absolute atomic E-state index is 12.8. The Hall–Kier alpha value is -2.37. The van der Waals surface area contributed by atoms with E-state index in [-0.39, 0.29) is 30.1 Å². The number of nitrogens with one attached hydrogen (secondary N) is 1. The number of fused-ring (bicyclic) bond motifs is 1. The van der Waals surface area contributed by atoms with Crippen LogP contribution in [-0.4, -0.2) is 36.8 Å². The molecule has 0 spiro atoms. The molecule has 1 aromatic rings. The first-order chi connectivity index (χ1) is 11.9. The van der Waals surface area contributed by atoms with Crippen LogP contribution in [0.2, 0.25) is 0 Å². The van der Waals surface area contributed by atoms with E-state index in [2.05, 4.69) is 5.32 Å². The lowest BCUT2D eigenvalue weighted by Gasteiger charge is -2.35. The minimum absolute atomic E-state index is 0.0170. The molecule has 1 atom stereocenters. The molecule has 1 unspecified atom stereocenters. The van der Waals surface area contributed by atoms with Crippen molar-refractivity contribution in [3.8, 4) is 5.75 Å². The van der Waals surface area contributed by atoms with Crippen LogP contribution in [0.3, 0.4) is 0 Å². The van der Waals surface area contributed by atoms with E-state index in [0.29, 0.717) is 30.0 Å². The summed E-state index contributed by atoms with van der Waals surface area (Å²) in [6.07, 6.45) is 0.557. The molecule has 6 heteroatoms. The molecule has 0 aromatic heterocycles. The summed E-state index contributed by atoms with van der Waals surface area (Å²) in [4.78, 5) is 38.4. The molecule has 0 aliphatic carbocycles. The summed E-state index contributed by atoms with van der Waals surface area (Å²) in [5.74, 6) is -0.00214. The molecular formula is C19H26N2O4. The van der Waals surface area contributed by atoms with Crippen molar-refractivity contribution in [2.24, 2.45) is 5.92 Å². The van der Waals surface area contributed by atoms with E-state index in [4.69, 9.17) is 4.74 Å². The molecule has 136 valence electrons. The molecule has 0 radical (unpaired) electrons. The molecule has 2 amide bonds. The van der Waals surface area contributed by atoms with Crippen molar-refractivity contribution in [3.05, 3.63) is 23.8 Å². The number of benzene rings is 1. The summed E-state index contributed by atoms with van der Waals surface area (Å²) in [7, 11) is 0. The van der Waals surface area contributed by atoms with E-state index >= 15 is 0 Å². The number of amides is 2. The first-order valence-corrected chi connectivity index (χ1v) is 8.81. The highest BCUT2D eigenvalue weighted by molar-refractivity contribution is 6.05. The molecule has 2 rings (SSSR count). The van der Waals surface area contributed by atoms with E-state index in [1.165, 1.54) is 4.90 Å². The molecule has 1 aliphatic heterocycles. The van der Waals surface area contributed by atoms with Crippen molar-refractivity contribution in [2.45, 2.75) is 46.6 Å². The molecule has 1 aromatic carbocycles. The number of rotatable bonds is 7. The third-order valence-corrected chi connectivity index (χ3v) is 4.14. The second kappa shape index (κ2) is 8.14. The Kier molecular flexibility index (Phi) is 6.17. The summed E-state index contributed by atoms with van der Waals surface area (Å²) in [6, 6.07) is 5.05. The molecule has 1 heterocycles. The highest BCUT2D eigenvalue weighted by Crippen LogP contribution is 2.36. The van der Waals surface area contributed by atoms with E-state index in [0.717, 1.165) is 6.42 Å². The molecule has 25 heavy (non-hydrogen) atoms. The molecule has 6 nitrogen and oxygen atoms in total. The van der Waals surface area contributed by atoms with Gasteiger partial charge in [-0.2, -0.15) is 0 Å². The van der Waals surface area contributed by atoms with Crippen LogP contribution in [0.1, 0.15) is 50.9 Å². The number of ketones is 1. The van der Waals surface area contributed by atoms with Crippen molar-refractivity contribution < 1.29 is 19.1 Å². The summed E-state index contributed by atoms with van der Waals surface area (Å²) in [5.41, 5.74) is 0.993. The van der Waals surface area contributed by atoms with Crippen LogP contribution >= 0.6 is 0 Å². The van der Waals surface area contributed by atoms with Gasteiger partial charge in [-0.25, -0.2) is 0 Å². The quantitative estimate of drug-likeness (QED) is 0.770. The van der Waals surface area contributed by atoms with Gasteiger partial charge in [-0.1, -0.05) is 27.7 Å². The van der Waals surface area contributed by atoms with E-state index in [1.54, 1.807) is 25.1 Å². The zero-order valence-corrected chi connectivity index (χ0v) is 15.3. The maximum Gasteiger partial charge on any atom is 0.268 e. The van der Waals surface area contributed by atoms with Gasteiger partial charge in [-0.05, 0) is 30.5 Å². The first-order valence-electron chi connectivity index (χ1n) is 8.81. The fourth-order valence-corrected chi connectivity index (χ4v) is 2.71. The average Bonchev–Trinajstić information content (AvgIpc) is 2.60. The Balaban J connectivity index is 2.38. The first kappa shape index (κ1) is 19.0. The third-order valence-electron chi connectivity index (χ3n) is 4.14. The van der Waals surface area contributed by atoms with Crippen molar-refractivity contribution in [3.63, 3.8) is 0 Å². The molecule has 1 N–H and O–H groups in total. The predicted molar refractivity (Wildman–Crippen MR) is 96.0 cm³/mol. The summed E-state index contributed by atoms with van der Waals surface area (Å²) >= 11 is 0. The third kappa shape index (κ3) is 4.18. The van der Waals surface area contributed by atoms with Crippen molar-refractivity contribution >= 4 is 23.3 Å². The average molecular weight is 346 g/mol. The van der Waals surface area contributed by atoms with Gasteiger partial charge in [0.2, 0.25) is 5.91 Å². The molecular weight excluding hydrogens is 320 g/mol. The summed E-state index contributed by atoms with van der Waals surface area (Å²) in [6.45, 7) is 8.03. The lowest BCUT2D eigenvalue weighted by Crippen LogP contribution is -2.51. The number of carbonyl (C=O) groups excluding carboxylic acids is 3. The van der Waals surface area contributed by atoms with Gasteiger partial charge >= 0.3 is 0 Å². The maximum atomic E-state index is 12.8. The Morgan fingerprint density at radius 3 is 2.60 bits per heavy atom. The van der Waals surface area contributed by atoms with Crippen molar-refractivity contribution in [1.29, 1.82) is 0 Å². The van der Waals surface area contributed by atoms with Crippen LogP contribution < -0.4 is 15.0 Å². The Morgan fingerprint density at radius 1 is 1.28 bits per heavy atom. The summed E-state index contributed by atoms with van der Waals surface area (Å²) < 4.78 is 5.83. The topological polar surface area (TPSA) is 75.7 Å². The highest BCUT2D eigenvalue weighted by Gasteiger charge is 2.37. The molecule has 0 saturated carbocycles. The van der Waals surface area contributed by atoms with Crippen LogP contribution in [0.15, 0.2) is 18.2 Å². The second-order valence-electron chi connectivity index (χ2n) is 6.52. The Morgan fingerprint density at radius 2 is 2.00 bits per heavy atom. The van der Waals surface area contributed by atoms with Crippen LogP contribution in [0.4, 0.5) is 5.69 Å². The number of hydrogen-bond acceptors (Lipinski definition) is 4. The Bertz CT molecular complexity index is 669. The van der Waals surface area contributed by atoms with E-state index < -0.39 is 6.10 Å². The van der Waals surface area contributed by atoms with Gasteiger partial charge in [0.15, 0.2) is 11.9 Å². The number of carbonyl (C=O) groups is 3. The number of nitrogens with zero attached hydrogens (tertiary/aromatic N) is 1. The fraction of sp³-hybridized carbons (Fsp3) is 0.526. The lowest BCUT2D eigenvalue weighted by molar-refractivity contribution is -0.130. The second-order valence-corrected chi connectivity index (χ2v) is 6.52. The standard InChI is InChI=1S/C19H26N2O4/c1-5-9-20-17(23)11-21-14-10-13(15(22)6-2)7-8-16(14)25-18(12(3)4)19(21)24/h7-8,10,12,18H,5-6,9,11H2,1-4H3,(H,20,23). The van der Waals surface area contributed by atoms with Gasteiger partial charge in [0.05, 0.1) is 5.69 Å². The normalized spacial score (nSPS) is 16.4. The van der Waals surface area contributed by atoms with E-state index in [9.17, 15) is 14.4 Å². The van der Waals surface area contributed by atoms with Crippen LogP contribution in [0.5, 0.6) is 5.75 Å². The number of ether oxygens (including phenoxy) is 1. The molecule has 0 saturated heterocycles. The van der Waals surface area contributed by atoms with Gasteiger partial charge in [-0.15, -0.1) is 0 Å². The summed E-state index contributed by atoms with van der Waals surface area (Å²) in [5, 5.41) is 2.78. The predicted octanol–water partition coefficient (Wildman–Crippen LogP) is 2.56. The van der Waals surface area contributed by atoms with Crippen LogP contribution in [0, 0.1) is 5.92 Å². The van der Waals surface area contributed by atoms with Crippen LogP contribution in [0.25, 0.3) is 0 Å². The fourth-order valence-electron chi connectivity index (χ4n) is 2.71. The van der Waals surface area contributed by atoms with Gasteiger partial charge in [0.1, 0.15) is 12.3 Å². The highest BCUT2D eigenvalue weighted by atomic mass is 16.5. The Labute approximate surface area is 148 Å². The zero-order valence-electron chi connectivity index (χ0n) is 15.3. The van der Waals surface area contributed by atoms with Gasteiger partial charge in [-0.3, -0.25) is 19.3 Å². The minimum atomic E-state index is -0.640. The van der Waals surface area contributed by atoms with Gasteiger partial charge < -0.3 is 10.1 Å². The SMILES string of the molecule is CCCNC(=O)CN1C(=O)C(C(C)C)Oc2ccc(C(=O)CC)cc21. The number of hydrogen-bond donors (Lipinski definition) is 1. The monoisotopic (exact) mass is 346 g/mol. The molecule has 1 aliphatic rings. The number of Topliss-reactive ketones (excluding diaryl/α,β-unsaturated/α-hetero) is 1. The van der Waals surface area contributed by atoms with Crippen LogP contribution in [-0.2, 0) is 9.59 Å². The van der Waals surface area contributed by atoms with Crippen molar-refractivity contribution in [2.75, 3.05) is 18.0 Å². The smallest absolute Gasteiger partial charge is 0.268 e. The molecule has 0 fully saturated rings. The molecule has 0 bridgehead atoms. The van der Waals surface area contributed by atoms with Gasteiger partial charge in [0.25, 0.3) is 5.91 Å². The lowest BCUT2D eigenvalue weighted by atomic mass is 10.0. The van der Waals surface area contributed by atoms with Gasteiger partial charge in [0, 0.05) is 18.5 Å². The van der Waals surface area contributed by atoms with Crippen molar-refractivity contribution in [1.82, 2.24) is 5.32 Å². The largest absolute Gasteiger partial charge is 0.478 e.